The lowest BCUT2D eigenvalue weighted by Crippen LogP contribution is -2.36. The predicted molar refractivity (Wildman–Crippen MR) is 143 cm³/mol. The van der Waals surface area contributed by atoms with Gasteiger partial charge in [-0.15, -0.1) is 24.0 Å². The Hall–Kier alpha value is -2.17. The Labute approximate surface area is 213 Å². The topological polar surface area (TPSA) is 69.2 Å². The van der Waals surface area contributed by atoms with Gasteiger partial charge in [-0.25, -0.2) is 0 Å². The van der Waals surface area contributed by atoms with Crippen LogP contribution in [0, 0.1) is 0 Å². The number of ether oxygens (including phenoxy) is 1. The van der Waals surface area contributed by atoms with Crippen molar-refractivity contribution in [2.24, 2.45) is 4.99 Å². The third-order valence-corrected chi connectivity index (χ3v) is 6.00. The van der Waals surface area contributed by atoms with Gasteiger partial charge in [-0.1, -0.05) is 36.4 Å². The lowest BCUT2D eigenvalue weighted by atomic mass is 10.1. The quantitative estimate of drug-likeness (QED) is 0.308. The van der Waals surface area contributed by atoms with Crippen molar-refractivity contribution in [3.8, 4) is 0 Å². The highest BCUT2D eigenvalue weighted by Gasteiger charge is 2.21. The van der Waals surface area contributed by atoms with Crippen LogP contribution in [0.25, 0.3) is 0 Å². The molecule has 0 aliphatic carbocycles. The minimum absolute atomic E-state index is 0. The standard InChI is InChI=1S/C25H33N5O2.HI/c1-26-25(28-18-21-8-10-23(11-9-21)30-12-2-3-24(30)31)27-17-20-4-6-22(7-5-20)19-29-13-15-32-16-14-29;/h4-11H,2-3,12-19H2,1H3,(H2,26,27,28);1H. The Morgan fingerprint density at radius 3 is 2.03 bits per heavy atom. The minimum atomic E-state index is 0. The van der Waals surface area contributed by atoms with Crippen LogP contribution < -0.4 is 15.5 Å². The number of anilines is 1. The van der Waals surface area contributed by atoms with Gasteiger partial charge in [0.15, 0.2) is 5.96 Å². The average Bonchev–Trinajstić information content (AvgIpc) is 3.27. The summed E-state index contributed by atoms with van der Waals surface area (Å²) in [5.74, 6) is 0.982. The van der Waals surface area contributed by atoms with E-state index in [1.807, 2.05) is 17.0 Å². The predicted octanol–water partition coefficient (Wildman–Crippen LogP) is 3.13. The van der Waals surface area contributed by atoms with Gasteiger partial charge in [0, 0.05) is 58.4 Å². The van der Waals surface area contributed by atoms with Gasteiger partial charge in [0.2, 0.25) is 5.91 Å². The van der Waals surface area contributed by atoms with Crippen molar-refractivity contribution in [3.05, 3.63) is 65.2 Å². The number of carbonyl (C=O) groups excluding carboxylic acids is 1. The maximum Gasteiger partial charge on any atom is 0.227 e. The summed E-state index contributed by atoms with van der Waals surface area (Å²) in [6.07, 6.45) is 1.60. The van der Waals surface area contributed by atoms with Gasteiger partial charge in [0.05, 0.1) is 13.2 Å². The highest BCUT2D eigenvalue weighted by atomic mass is 127. The third-order valence-electron chi connectivity index (χ3n) is 6.00. The number of benzene rings is 2. The molecule has 0 unspecified atom stereocenters. The summed E-state index contributed by atoms with van der Waals surface area (Å²) in [7, 11) is 1.78. The van der Waals surface area contributed by atoms with Crippen LogP contribution in [0.1, 0.15) is 29.5 Å². The molecule has 7 nitrogen and oxygen atoms in total. The number of nitrogens with one attached hydrogen (secondary N) is 2. The molecule has 2 aromatic carbocycles. The number of hydrogen-bond donors (Lipinski definition) is 2. The molecule has 2 saturated heterocycles. The molecule has 0 saturated carbocycles. The Morgan fingerprint density at radius 1 is 0.909 bits per heavy atom. The number of guanidine groups is 1. The van der Waals surface area contributed by atoms with Crippen molar-refractivity contribution in [2.75, 3.05) is 44.8 Å². The molecule has 8 heteroatoms. The third kappa shape index (κ3) is 7.41. The van der Waals surface area contributed by atoms with Gasteiger partial charge in [0.25, 0.3) is 0 Å². The molecule has 2 aliphatic heterocycles. The summed E-state index contributed by atoms with van der Waals surface area (Å²) in [5.41, 5.74) is 4.68. The number of halogens is 1. The molecule has 2 aromatic rings. The fraction of sp³-hybridized carbons (Fsp3) is 0.440. The molecular weight excluding hydrogens is 529 g/mol. The summed E-state index contributed by atoms with van der Waals surface area (Å²) in [5, 5.41) is 6.74. The average molecular weight is 563 g/mol. The molecule has 0 radical (unpaired) electrons. The van der Waals surface area contributed by atoms with Crippen molar-refractivity contribution < 1.29 is 9.53 Å². The van der Waals surface area contributed by atoms with Gasteiger partial charge >= 0.3 is 0 Å². The van der Waals surface area contributed by atoms with E-state index in [2.05, 4.69) is 56.9 Å². The highest BCUT2D eigenvalue weighted by Crippen LogP contribution is 2.21. The van der Waals surface area contributed by atoms with E-state index in [-0.39, 0.29) is 29.9 Å². The van der Waals surface area contributed by atoms with Gasteiger partial charge < -0.3 is 20.3 Å². The molecule has 2 N–H and O–H groups in total. The van der Waals surface area contributed by atoms with E-state index in [0.29, 0.717) is 19.5 Å². The molecule has 0 spiro atoms. The number of carbonyl (C=O) groups is 1. The van der Waals surface area contributed by atoms with Crippen LogP contribution in [0.2, 0.25) is 0 Å². The Kier molecular flexibility index (Phi) is 9.95. The van der Waals surface area contributed by atoms with E-state index in [1.165, 1.54) is 11.1 Å². The number of morpholine rings is 1. The molecule has 0 atom stereocenters. The monoisotopic (exact) mass is 563 g/mol. The van der Waals surface area contributed by atoms with Crippen molar-refractivity contribution >= 4 is 41.5 Å². The van der Waals surface area contributed by atoms with Crippen molar-refractivity contribution in [2.45, 2.75) is 32.5 Å². The summed E-state index contributed by atoms with van der Waals surface area (Å²) in [6.45, 7) is 6.85. The van der Waals surface area contributed by atoms with E-state index in [1.54, 1.807) is 7.05 Å². The second-order valence-corrected chi connectivity index (χ2v) is 8.30. The summed E-state index contributed by atoms with van der Waals surface area (Å²) in [6, 6.07) is 16.9. The van der Waals surface area contributed by atoms with E-state index < -0.39 is 0 Å². The van der Waals surface area contributed by atoms with Crippen LogP contribution in [0.4, 0.5) is 5.69 Å². The fourth-order valence-electron chi connectivity index (χ4n) is 4.09. The first kappa shape index (κ1) is 25.5. The maximum atomic E-state index is 11.9. The highest BCUT2D eigenvalue weighted by molar-refractivity contribution is 14.0. The van der Waals surface area contributed by atoms with Gasteiger partial charge in [-0.05, 0) is 35.2 Å². The fourth-order valence-corrected chi connectivity index (χ4v) is 4.09. The molecule has 2 aliphatic rings. The van der Waals surface area contributed by atoms with Crippen LogP contribution in [-0.4, -0.2) is 56.7 Å². The van der Waals surface area contributed by atoms with Crippen molar-refractivity contribution in [3.63, 3.8) is 0 Å². The number of hydrogen-bond acceptors (Lipinski definition) is 4. The van der Waals surface area contributed by atoms with Crippen LogP contribution in [0.15, 0.2) is 53.5 Å². The summed E-state index contributed by atoms with van der Waals surface area (Å²) >= 11 is 0. The van der Waals surface area contributed by atoms with Gasteiger partial charge in [0.1, 0.15) is 0 Å². The number of aliphatic imine (C=N–C) groups is 1. The molecular formula is C25H34IN5O2. The Balaban J connectivity index is 0.00000306. The zero-order valence-electron chi connectivity index (χ0n) is 19.3. The maximum absolute atomic E-state index is 11.9. The SMILES string of the molecule is CN=C(NCc1ccc(CN2CCOCC2)cc1)NCc1ccc(N2CCCC2=O)cc1.I. The van der Waals surface area contributed by atoms with E-state index >= 15 is 0 Å². The molecule has 1 amide bonds. The zero-order valence-corrected chi connectivity index (χ0v) is 21.6. The molecule has 33 heavy (non-hydrogen) atoms. The van der Waals surface area contributed by atoms with Crippen LogP contribution >= 0.6 is 24.0 Å². The first-order valence-electron chi connectivity index (χ1n) is 11.4. The zero-order chi connectivity index (χ0) is 22.2. The summed E-state index contributed by atoms with van der Waals surface area (Å²) < 4.78 is 5.42. The van der Waals surface area contributed by atoms with Crippen LogP contribution in [-0.2, 0) is 29.2 Å². The molecule has 178 valence electrons. The van der Waals surface area contributed by atoms with E-state index in [9.17, 15) is 4.79 Å². The molecule has 0 aromatic heterocycles. The van der Waals surface area contributed by atoms with Gasteiger partial charge in [-0.3, -0.25) is 14.7 Å². The molecule has 2 fully saturated rings. The van der Waals surface area contributed by atoms with Crippen molar-refractivity contribution in [1.82, 2.24) is 15.5 Å². The minimum Gasteiger partial charge on any atom is -0.379 e. The Bertz CT molecular complexity index is 911. The number of amides is 1. The van der Waals surface area contributed by atoms with Crippen molar-refractivity contribution in [1.29, 1.82) is 0 Å². The molecule has 4 rings (SSSR count). The second kappa shape index (κ2) is 12.9. The smallest absolute Gasteiger partial charge is 0.227 e. The van der Waals surface area contributed by atoms with Crippen LogP contribution in [0.3, 0.4) is 0 Å². The number of rotatable bonds is 7. The number of nitrogens with zero attached hydrogens (tertiary/aromatic N) is 3. The second-order valence-electron chi connectivity index (χ2n) is 8.30. The lowest BCUT2D eigenvalue weighted by Gasteiger charge is -2.26. The molecule has 2 heterocycles. The molecule has 0 bridgehead atoms. The van der Waals surface area contributed by atoms with E-state index in [0.717, 1.165) is 63.0 Å². The summed E-state index contributed by atoms with van der Waals surface area (Å²) in [4.78, 5) is 20.5. The first-order chi connectivity index (χ1) is 15.7. The Morgan fingerprint density at radius 2 is 1.48 bits per heavy atom. The first-order valence-corrected chi connectivity index (χ1v) is 11.4. The largest absolute Gasteiger partial charge is 0.379 e. The van der Waals surface area contributed by atoms with Crippen LogP contribution in [0.5, 0.6) is 0 Å². The van der Waals surface area contributed by atoms with E-state index in [4.69, 9.17) is 4.74 Å². The lowest BCUT2D eigenvalue weighted by molar-refractivity contribution is -0.117. The normalized spacial score (nSPS) is 17.1. The van der Waals surface area contributed by atoms with Gasteiger partial charge in [-0.2, -0.15) is 0 Å².